The first-order valence-corrected chi connectivity index (χ1v) is 24.2. The van der Waals surface area contributed by atoms with Gasteiger partial charge < -0.3 is 15.1 Å². The summed E-state index contributed by atoms with van der Waals surface area (Å²) in [6.45, 7) is 11.2. The number of likely N-dealkylation sites (tertiary alicyclic amines) is 1. The number of urea groups is 1. The number of rotatable bonds is 11. The van der Waals surface area contributed by atoms with Crippen molar-refractivity contribution in [2.24, 2.45) is 18.4 Å². The van der Waals surface area contributed by atoms with E-state index in [4.69, 9.17) is 10.1 Å². The maximum Gasteiger partial charge on any atom is 0.329 e. The Balaban J connectivity index is 0.730. The lowest BCUT2D eigenvalue weighted by Crippen LogP contribution is -2.49. The van der Waals surface area contributed by atoms with Crippen LogP contribution in [0.25, 0.3) is 38.7 Å². The molecule has 5 aromatic heterocycles. The van der Waals surface area contributed by atoms with Gasteiger partial charge in [-0.25, -0.2) is 14.3 Å². The van der Waals surface area contributed by atoms with Crippen molar-refractivity contribution >= 4 is 45.9 Å². The molecule has 16 heteroatoms. The molecule has 3 saturated heterocycles. The number of aromatic nitrogens is 7. The van der Waals surface area contributed by atoms with Crippen molar-refractivity contribution in [1.29, 1.82) is 5.26 Å². The summed E-state index contributed by atoms with van der Waals surface area (Å²) in [5.74, 6) is 2.58. The van der Waals surface area contributed by atoms with Crippen molar-refractivity contribution in [3.8, 4) is 28.3 Å². The lowest BCUT2D eigenvalue weighted by atomic mass is 9.79. The largest absolute Gasteiger partial charge is 0.357 e. The summed E-state index contributed by atoms with van der Waals surface area (Å²) in [6, 6.07) is 15.2. The molecule has 1 aliphatic carbocycles. The molecular weight excluding hydrogens is 843 g/mol. The van der Waals surface area contributed by atoms with Crippen LogP contribution in [0.2, 0.25) is 0 Å². The fourth-order valence-electron chi connectivity index (χ4n) is 10.9. The average molecular weight is 904 g/mol. The van der Waals surface area contributed by atoms with Gasteiger partial charge in [0.25, 0.3) is 0 Å². The number of hydrogen-bond acceptors (Lipinski definition) is 10. The number of benzene rings is 1. The number of nitriles is 1. The van der Waals surface area contributed by atoms with E-state index in [0.29, 0.717) is 29.9 Å². The Bertz CT molecular complexity index is 2850. The number of pyridine rings is 2. The Morgan fingerprint density at radius 1 is 0.910 bits per heavy atom. The maximum atomic E-state index is 12.9. The van der Waals surface area contributed by atoms with Gasteiger partial charge in [-0.15, -0.1) is 0 Å². The molecule has 0 radical (unpaired) electrons. The Hall–Kier alpha value is -6.60. The van der Waals surface area contributed by atoms with E-state index in [1.54, 1.807) is 15.6 Å². The maximum absolute atomic E-state index is 12.9. The van der Waals surface area contributed by atoms with Crippen molar-refractivity contribution in [1.82, 2.24) is 49.7 Å². The zero-order valence-electron chi connectivity index (χ0n) is 39.1. The van der Waals surface area contributed by atoms with Gasteiger partial charge in [0.1, 0.15) is 11.9 Å². The van der Waals surface area contributed by atoms with E-state index in [0.717, 1.165) is 122 Å². The number of anilines is 2. The smallest absolute Gasteiger partial charge is 0.329 e. The number of amides is 4. The lowest BCUT2D eigenvalue weighted by Gasteiger charge is -2.39. The molecule has 0 atom stereocenters. The molecular formula is C51H61N13O3. The van der Waals surface area contributed by atoms with Crippen LogP contribution in [-0.4, -0.2) is 102 Å². The van der Waals surface area contributed by atoms with E-state index in [-0.39, 0.29) is 29.7 Å². The molecule has 1 saturated carbocycles. The molecule has 4 fully saturated rings. The highest BCUT2D eigenvalue weighted by atomic mass is 16.2. The Morgan fingerprint density at radius 3 is 2.42 bits per heavy atom. The van der Waals surface area contributed by atoms with Gasteiger partial charge in [-0.05, 0) is 139 Å². The van der Waals surface area contributed by atoms with Crippen molar-refractivity contribution in [3.05, 3.63) is 78.5 Å². The first-order chi connectivity index (χ1) is 32.4. The third-order valence-corrected chi connectivity index (χ3v) is 15.2. The van der Waals surface area contributed by atoms with Crippen molar-refractivity contribution in [3.63, 3.8) is 0 Å². The van der Waals surface area contributed by atoms with E-state index >= 15 is 0 Å². The summed E-state index contributed by atoms with van der Waals surface area (Å²) in [4.78, 5) is 48.5. The van der Waals surface area contributed by atoms with Crippen LogP contribution in [0.3, 0.4) is 0 Å². The van der Waals surface area contributed by atoms with E-state index in [1.165, 1.54) is 24.8 Å². The fraction of sp³-hybridized carbons (Fsp3) is 0.490. The average Bonchev–Trinajstić information content (AvgIpc) is 4.09. The molecule has 6 aromatic rings. The van der Waals surface area contributed by atoms with Gasteiger partial charge in [-0.2, -0.15) is 20.6 Å². The number of carbonyl (C=O) groups excluding carboxylic acids is 3. The zero-order chi connectivity index (χ0) is 46.4. The van der Waals surface area contributed by atoms with Gasteiger partial charge in [-0.1, -0.05) is 13.0 Å². The summed E-state index contributed by atoms with van der Waals surface area (Å²) in [5.41, 5.74) is 7.01. The van der Waals surface area contributed by atoms with Gasteiger partial charge in [0.2, 0.25) is 11.8 Å². The topological polar surface area (TPSA) is 175 Å². The number of nitrogens with one attached hydrogen (secondary N) is 2. The third-order valence-electron chi connectivity index (χ3n) is 15.2. The van der Waals surface area contributed by atoms with Crippen LogP contribution >= 0.6 is 0 Å². The highest BCUT2D eigenvalue weighted by Gasteiger charge is 2.37. The molecule has 2 N–H and O–H groups in total. The normalized spacial score (nSPS) is 20.7. The minimum absolute atomic E-state index is 0.120. The van der Waals surface area contributed by atoms with Gasteiger partial charge in [0.15, 0.2) is 5.82 Å². The number of aryl methyl sites for hydroxylation is 1. The number of hydrogen-bond donors (Lipinski definition) is 2. The van der Waals surface area contributed by atoms with Crippen LogP contribution < -0.4 is 20.4 Å². The molecule has 0 bridgehead atoms. The number of fused-ring (bicyclic) bond motifs is 2. The molecule has 67 heavy (non-hydrogen) atoms. The summed E-state index contributed by atoms with van der Waals surface area (Å²) in [6.07, 6.45) is 19.5. The second kappa shape index (κ2) is 18.2. The number of carbonyl (C=O) groups is 3. The molecule has 348 valence electrons. The van der Waals surface area contributed by atoms with Crippen LogP contribution in [0.1, 0.15) is 108 Å². The van der Waals surface area contributed by atoms with Gasteiger partial charge >= 0.3 is 6.03 Å². The first kappa shape index (κ1) is 44.2. The quantitative estimate of drug-likeness (QED) is 0.132. The van der Waals surface area contributed by atoms with Crippen molar-refractivity contribution < 1.29 is 14.4 Å². The molecule has 8 heterocycles. The molecule has 10 rings (SSSR count). The van der Waals surface area contributed by atoms with Crippen LogP contribution in [-0.2, 0) is 16.6 Å². The number of piperidine rings is 2. The Morgan fingerprint density at radius 2 is 1.70 bits per heavy atom. The summed E-state index contributed by atoms with van der Waals surface area (Å²) in [5, 5.41) is 30.6. The second-order valence-corrected chi connectivity index (χ2v) is 20.0. The van der Waals surface area contributed by atoms with Crippen LogP contribution in [0.4, 0.5) is 16.4 Å². The van der Waals surface area contributed by atoms with E-state index < -0.39 is 6.03 Å². The predicted molar refractivity (Wildman–Crippen MR) is 257 cm³/mol. The predicted octanol–water partition coefficient (Wildman–Crippen LogP) is 7.60. The second-order valence-electron chi connectivity index (χ2n) is 20.0. The fourth-order valence-corrected chi connectivity index (χ4v) is 10.9. The summed E-state index contributed by atoms with van der Waals surface area (Å²) >= 11 is 0. The molecule has 0 spiro atoms. The highest BCUT2D eigenvalue weighted by Crippen LogP contribution is 2.39. The third kappa shape index (κ3) is 8.89. The Kier molecular flexibility index (Phi) is 12.0. The number of imide groups is 1. The molecule has 0 unspecified atom stereocenters. The van der Waals surface area contributed by atoms with Crippen molar-refractivity contribution in [2.75, 3.05) is 49.1 Å². The van der Waals surface area contributed by atoms with Gasteiger partial charge in [0.05, 0.1) is 35.0 Å². The summed E-state index contributed by atoms with van der Waals surface area (Å²) < 4.78 is 5.81. The number of nitrogens with zero attached hydrogens (tertiary/aromatic N) is 11. The monoisotopic (exact) mass is 904 g/mol. The molecule has 16 nitrogen and oxygen atoms in total. The lowest BCUT2D eigenvalue weighted by molar-refractivity contribution is -0.131. The molecule has 1 aromatic carbocycles. The van der Waals surface area contributed by atoms with Crippen LogP contribution in [0, 0.1) is 22.7 Å². The molecule has 4 amide bonds. The molecule has 3 aliphatic heterocycles. The zero-order valence-corrected chi connectivity index (χ0v) is 39.1. The van der Waals surface area contributed by atoms with E-state index in [1.807, 2.05) is 50.2 Å². The van der Waals surface area contributed by atoms with Crippen molar-refractivity contribution in [2.45, 2.75) is 103 Å². The van der Waals surface area contributed by atoms with Crippen LogP contribution in [0.5, 0.6) is 0 Å². The van der Waals surface area contributed by atoms with Gasteiger partial charge in [0, 0.05) is 90.8 Å². The highest BCUT2D eigenvalue weighted by molar-refractivity contribution is 6.08. The SMILES string of the molecule is CC(C)NC(=O)C1(C)CCN(c2ccc(-c3cc(-c4cnn([C@H]5CC[C@H](CCN6CCC(c7ccc8c(N9CCC(=O)NC9=O)nn(C)c8c7)CC6)CC5)c4)cn4ncc(C#N)c34)cn2)CC1. The minimum atomic E-state index is -0.410. The Labute approximate surface area is 391 Å². The van der Waals surface area contributed by atoms with Crippen LogP contribution in [0.15, 0.2) is 67.4 Å². The van der Waals surface area contributed by atoms with E-state index in [2.05, 4.69) is 84.8 Å². The van der Waals surface area contributed by atoms with E-state index in [9.17, 15) is 19.6 Å². The summed E-state index contributed by atoms with van der Waals surface area (Å²) in [7, 11) is 1.92. The first-order valence-electron chi connectivity index (χ1n) is 24.2. The molecule has 4 aliphatic rings. The minimum Gasteiger partial charge on any atom is -0.357 e. The van der Waals surface area contributed by atoms with Gasteiger partial charge in [-0.3, -0.25) is 29.2 Å². The standard InChI is InChI=1S/C51H61N13O3/c1-33(2)56-49(66)51(3)17-23-61(24-18-51)45-12-8-37(28-53-45)43-25-38(31-64-47(43)39(27-52)29-55-64)40-30-54-63(32-40)41-9-5-34(6-10-41)13-19-60-20-14-35(15-21-60)36-7-11-42-44(26-36)59(4)58-48(42)62-22-16-46(65)57-50(62)67/h7-8,11-12,25-26,28-35,41H,5-6,9-10,13-24H2,1-4H3,(H,56,66)(H,57,65,67)/t34-,41-.